The summed E-state index contributed by atoms with van der Waals surface area (Å²) in [5, 5.41) is 14.0. The van der Waals surface area contributed by atoms with Gasteiger partial charge < -0.3 is 20.1 Å². The number of halogens is 1. The first-order valence-electron chi connectivity index (χ1n) is 10.0. The summed E-state index contributed by atoms with van der Waals surface area (Å²) in [5.74, 6) is 0.802. The average molecular weight is 416 g/mol. The third-order valence-corrected chi connectivity index (χ3v) is 6.13. The Labute approximate surface area is 175 Å². The molecule has 154 valence electrons. The van der Waals surface area contributed by atoms with E-state index in [2.05, 4.69) is 15.2 Å². The maximum Gasteiger partial charge on any atom is 0.220 e. The highest BCUT2D eigenvalue weighted by Gasteiger charge is 2.40. The predicted molar refractivity (Wildman–Crippen MR) is 112 cm³/mol. The molecule has 1 unspecified atom stereocenters. The van der Waals surface area contributed by atoms with Gasteiger partial charge in [0.2, 0.25) is 5.91 Å². The first-order chi connectivity index (χ1) is 14.0. The highest BCUT2D eigenvalue weighted by atomic mass is 35.5. The van der Waals surface area contributed by atoms with Crippen molar-refractivity contribution in [3.8, 4) is 16.9 Å². The Balaban J connectivity index is 1.28. The van der Waals surface area contributed by atoms with Crippen LogP contribution in [0.2, 0.25) is 5.02 Å². The zero-order valence-electron chi connectivity index (χ0n) is 16.3. The fraction of sp³-hybridized carbons (Fsp3) is 0.455. The number of β-amino-alcohol motifs (C(OH)–C–C–N with tert-alkyl or cyclic N) is 1. The van der Waals surface area contributed by atoms with E-state index < -0.39 is 6.10 Å². The van der Waals surface area contributed by atoms with Gasteiger partial charge in [0.25, 0.3) is 0 Å². The molecule has 2 N–H and O–H groups in total. The second kappa shape index (κ2) is 8.69. The van der Waals surface area contributed by atoms with E-state index in [0.717, 1.165) is 43.6 Å². The lowest BCUT2D eigenvalue weighted by molar-refractivity contribution is -0.119. The number of rotatable bonds is 6. The Morgan fingerprint density at radius 1 is 1.21 bits per heavy atom. The van der Waals surface area contributed by atoms with Gasteiger partial charge in [0.1, 0.15) is 18.5 Å². The zero-order chi connectivity index (χ0) is 20.3. The van der Waals surface area contributed by atoms with Gasteiger partial charge in [0, 0.05) is 36.9 Å². The van der Waals surface area contributed by atoms with Crippen LogP contribution in [-0.2, 0) is 4.79 Å². The standard InChI is InChI=1S/C22H26ClN3O3/c23-18-9-17(16-1-5-24-6-2-16)10-20(11-18)29-14-19(27)13-26-7-3-22(4-8-26)12-21(28)25-15-22/h1-2,5-6,9-11,19,27H,3-4,7-8,12-15H2,(H,25,28). The molecule has 2 aliphatic rings. The smallest absolute Gasteiger partial charge is 0.220 e. The molecule has 2 fully saturated rings. The van der Waals surface area contributed by atoms with Crippen molar-refractivity contribution in [2.45, 2.75) is 25.4 Å². The van der Waals surface area contributed by atoms with Gasteiger partial charge in [0.05, 0.1) is 0 Å². The number of benzene rings is 1. The summed E-state index contributed by atoms with van der Waals surface area (Å²) in [7, 11) is 0. The molecule has 2 aliphatic heterocycles. The van der Waals surface area contributed by atoms with Crippen molar-refractivity contribution >= 4 is 17.5 Å². The van der Waals surface area contributed by atoms with Crippen LogP contribution in [0, 0.1) is 5.41 Å². The molecule has 2 saturated heterocycles. The van der Waals surface area contributed by atoms with Gasteiger partial charge in [-0.3, -0.25) is 9.78 Å². The predicted octanol–water partition coefficient (Wildman–Crippen LogP) is 2.74. The highest BCUT2D eigenvalue weighted by molar-refractivity contribution is 6.31. The lowest BCUT2D eigenvalue weighted by Gasteiger charge is -2.38. The van der Waals surface area contributed by atoms with Gasteiger partial charge in [-0.2, -0.15) is 0 Å². The summed E-state index contributed by atoms with van der Waals surface area (Å²) in [4.78, 5) is 17.8. The Kier molecular flexibility index (Phi) is 6.04. The van der Waals surface area contributed by atoms with Gasteiger partial charge in [0.15, 0.2) is 0 Å². The number of hydrogen-bond acceptors (Lipinski definition) is 5. The molecule has 0 saturated carbocycles. The lowest BCUT2D eigenvalue weighted by Crippen LogP contribution is -2.45. The van der Waals surface area contributed by atoms with Crippen molar-refractivity contribution in [2.75, 3.05) is 32.8 Å². The van der Waals surface area contributed by atoms with Gasteiger partial charge in [-0.05, 0) is 72.8 Å². The van der Waals surface area contributed by atoms with Gasteiger partial charge in [-0.15, -0.1) is 0 Å². The molecule has 0 bridgehead atoms. The van der Waals surface area contributed by atoms with Crippen molar-refractivity contribution < 1.29 is 14.6 Å². The molecule has 1 aromatic heterocycles. The molecule has 0 aliphatic carbocycles. The van der Waals surface area contributed by atoms with Crippen molar-refractivity contribution in [3.05, 3.63) is 47.7 Å². The number of ether oxygens (including phenoxy) is 1. The van der Waals surface area contributed by atoms with Crippen LogP contribution in [-0.4, -0.2) is 59.8 Å². The van der Waals surface area contributed by atoms with E-state index in [-0.39, 0.29) is 17.9 Å². The third kappa shape index (κ3) is 5.07. The molecule has 1 amide bonds. The van der Waals surface area contributed by atoms with Crippen LogP contribution in [0.15, 0.2) is 42.7 Å². The molecular weight excluding hydrogens is 390 g/mol. The second-order valence-corrected chi connectivity index (χ2v) is 8.57. The number of carbonyl (C=O) groups excluding carboxylic acids is 1. The van der Waals surface area contributed by atoms with Crippen molar-refractivity contribution in [1.82, 2.24) is 15.2 Å². The lowest BCUT2D eigenvalue weighted by atomic mass is 9.77. The van der Waals surface area contributed by atoms with E-state index >= 15 is 0 Å². The molecule has 29 heavy (non-hydrogen) atoms. The molecule has 6 nitrogen and oxygen atoms in total. The van der Waals surface area contributed by atoms with Crippen molar-refractivity contribution in [3.63, 3.8) is 0 Å². The van der Waals surface area contributed by atoms with Crippen LogP contribution in [0.4, 0.5) is 0 Å². The van der Waals surface area contributed by atoms with Crippen LogP contribution >= 0.6 is 11.6 Å². The topological polar surface area (TPSA) is 74.7 Å². The summed E-state index contributed by atoms with van der Waals surface area (Å²) in [5.41, 5.74) is 2.08. The SMILES string of the molecule is O=C1CC2(CCN(CC(O)COc3cc(Cl)cc(-c4ccncc4)c3)CC2)CN1. The molecular formula is C22H26ClN3O3. The fourth-order valence-electron chi connectivity index (χ4n) is 4.22. The molecule has 3 heterocycles. The van der Waals surface area contributed by atoms with Crippen molar-refractivity contribution in [1.29, 1.82) is 0 Å². The van der Waals surface area contributed by atoms with Crippen molar-refractivity contribution in [2.24, 2.45) is 5.41 Å². The number of piperidine rings is 1. The normalized spacial score (nSPS) is 19.9. The second-order valence-electron chi connectivity index (χ2n) is 8.13. The van der Waals surface area contributed by atoms with Crippen LogP contribution in [0.3, 0.4) is 0 Å². The summed E-state index contributed by atoms with van der Waals surface area (Å²) in [6, 6.07) is 9.39. The molecule has 2 aromatic rings. The van der Waals surface area contributed by atoms with Crippen LogP contribution in [0.1, 0.15) is 19.3 Å². The molecule has 1 spiro atoms. The Morgan fingerprint density at radius 3 is 2.66 bits per heavy atom. The van der Waals surface area contributed by atoms with E-state index in [0.29, 0.717) is 23.7 Å². The maximum atomic E-state index is 11.5. The summed E-state index contributed by atoms with van der Waals surface area (Å²) in [6.45, 7) is 3.36. The first-order valence-corrected chi connectivity index (χ1v) is 10.4. The minimum atomic E-state index is -0.587. The van der Waals surface area contributed by atoms with Gasteiger partial charge in [-0.25, -0.2) is 0 Å². The minimum absolute atomic E-state index is 0.124. The molecule has 1 aromatic carbocycles. The number of pyridine rings is 1. The summed E-state index contributed by atoms with van der Waals surface area (Å²) < 4.78 is 5.83. The van der Waals surface area contributed by atoms with E-state index in [4.69, 9.17) is 16.3 Å². The Morgan fingerprint density at radius 2 is 1.97 bits per heavy atom. The number of aliphatic hydroxyl groups excluding tert-OH is 1. The number of aromatic nitrogens is 1. The summed E-state index contributed by atoms with van der Waals surface area (Å²) in [6.07, 6.45) is 5.50. The van der Waals surface area contributed by atoms with Crippen LogP contribution < -0.4 is 10.1 Å². The van der Waals surface area contributed by atoms with E-state index in [1.807, 2.05) is 24.3 Å². The number of nitrogens with zero attached hydrogens (tertiary/aromatic N) is 2. The number of nitrogens with one attached hydrogen (secondary N) is 1. The Bertz CT molecular complexity index is 854. The van der Waals surface area contributed by atoms with E-state index in [1.165, 1.54) is 0 Å². The molecule has 0 radical (unpaired) electrons. The quantitative estimate of drug-likeness (QED) is 0.758. The molecule has 4 rings (SSSR count). The van der Waals surface area contributed by atoms with Crippen LogP contribution in [0.25, 0.3) is 11.1 Å². The Hall–Kier alpha value is -2.15. The monoisotopic (exact) mass is 415 g/mol. The van der Waals surface area contributed by atoms with E-state index in [1.54, 1.807) is 18.5 Å². The largest absolute Gasteiger partial charge is 0.491 e. The van der Waals surface area contributed by atoms with Gasteiger partial charge >= 0.3 is 0 Å². The number of amides is 1. The zero-order valence-corrected chi connectivity index (χ0v) is 17.1. The third-order valence-electron chi connectivity index (χ3n) is 5.91. The highest BCUT2D eigenvalue weighted by Crippen LogP contribution is 2.37. The van der Waals surface area contributed by atoms with Crippen LogP contribution in [0.5, 0.6) is 5.75 Å². The average Bonchev–Trinajstić information content (AvgIpc) is 3.09. The molecule has 1 atom stereocenters. The maximum absolute atomic E-state index is 11.5. The van der Waals surface area contributed by atoms with E-state index in [9.17, 15) is 9.90 Å². The first kappa shape index (κ1) is 20.1. The number of hydrogen-bond donors (Lipinski definition) is 2. The number of carbonyl (C=O) groups is 1. The fourth-order valence-corrected chi connectivity index (χ4v) is 4.44. The molecule has 7 heteroatoms. The minimum Gasteiger partial charge on any atom is -0.491 e. The summed E-state index contributed by atoms with van der Waals surface area (Å²) >= 11 is 6.24. The van der Waals surface area contributed by atoms with Gasteiger partial charge in [-0.1, -0.05) is 11.6 Å². The number of likely N-dealkylation sites (tertiary alicyclic amines) is 1. The number of aliphatic hydroxyl groups is 1.